The van der Waals surface area contributed by atoms with Crippen molar-refractivity contribution in [3.8, 4) is 11.3 Å². The molecule has 5 nitrogen and oxygen atoms in total. The van der Waals surface area contributed by atoms with Crippen LogP contribution in [0.3, 0.4) is 0 Å². The van der Waals surface area contributed by atoms with E-state index in [0.717, 1.165) is 24.3 Å². The molecule has 3 aromatic rings. The molecular weight excluding hydrogens is 357 g/mol. The molecule has 1 aromatic carbocycles. The van der Waals surface area contributed by atoms with E-state index in [1.807, 2.05) is 18.2 Å². The molecule has 1 atom stereocenters. The second kappa shape index (κ2) is 8.35. The molecule has 1 fully saturated rings. The number of benzene rings is 1. The van der Waals surface area contributed by atoms with Crippen LogP contribution in [0.15, 0.2) is 65.3 Å². The Morgan fingerprint density at radius 1 is 1.11 bits per heavy atom. The van der Waals surface area contributed by atoms with Gasteiger partial charge in [0.1, 0.15) is 17.3 Å². The molecule has 0 saturated carbocycles. The van der Waals surface area contributed by atoms with Gasteiger partial charge in [0.15, 0.2) is 0 Å². The first-order valence-corrected chi connectivity index (χ1v) is 9.41. The molecule has 0 radical (unpaired) electrons. The van der Waals surface area contributed by atoms with Crippen molar-refractivity contribution >= 4 is 5.91 Å². The largest absolute Gasteiger partial charge is 0.460 e. The maximum absolute atomic E-state index is 14.0. The summed E-state index contributed by atoms with van der Waals surface area (Å²) in [5, 5.41) is 3.02. The van der Waals surface area contributed by atoms with E-state index >= 15 is 0 Å². The number of halogens is 1. The number of furan rings is 1. The third-order valence-corrected chi connectivity index (χ3v) is 4.90. The first kappa shape index (κ1) is 18.4. The van der Waals surface area contributed by atoms with Crippen molar-refractivity contribution < 1.29 is 13.6 Å². The smallest absolute Gasteiger partial charge is 0.220 e. The lowest BCUT2D eigenvalue weighted by Crippen LogP contribution is -2.38. The molecule has 144 valence electrons. The van der Waals surface area contributed by atoms with Gasteiger partial charge in [-0.05, 0) is 48.4 Å². The molecule has 1 N–H and O–H groups in total. The summed E-state index contributed by atoms with van der Waals surface area (Å²) >= 11 is 0. The fraction of sp³-hybridized carbons (Fsp3) is 0.273. The highest BCUT2D eigenvalue weighted by atomic mass is 19.1. The van der Waals surface area contributed by atoms with Crippen molar-refractivity contribution in [2.24, 2.45) is 0 Å². The van der Waals surface area contributed by atoms with E-state index in [1.54, 1.807) is 36.7 Å². The zero-order chi connectivity index (χ0) is 19.3. The van der Waals surface area contributed by atoms with E-state index in [1.165, 1.54) is 6.07 Å². The highest BCUT2D eigenvalue weighted by molar-refractivity contribution is 5.78. The Morgan fingerprint density at radius 3 is 2.68 bits per heavy atom. The van der Waals surface area contributed by atoms with Gasteiger partial charge in [-0.2, -0.15) is 0 Å². The van der Waals surface area contributed by atoms with E-state index < -0.39 is 0 Å². The number of amides is 1. The lowest BCUT2D eigenvalue weighted by atomic mass is 10.1. The maximum Gasteiger partial charge on any atom is 0.220 e. The van der Waals surface area contributed by atoms with Gasteiger partial charge in [0.25, 0.3) is 0 Å². The summed E-state index contributed by atoms with van der Waals surface area (Å²) in [7, 11) is 0. The fourth-order valence-electron chi connectivity index (χ4n) is 3.55. The van der Waals surface area contributed by atoms with Crippen LogP contribution in [0.2, 0.25) is 0 Å². The summed E-state index contributed by atoms with van der Waals surface area (Å²) in [5.41, 5.74) is 1.60. The van der Waals surface area contributed by atoms with E-state index in [9.17, 15) is 9.18 Å². The van der Waals surface area contributed by atoms with Crippen LogP contribution in [0.1, 0.15) is 24.2 Å². The topological polar surface area (TPSA) is 58.4 Å². The molecule has 28 heavy (non-hydrogen) atoms. The van der Waals surface area contributed by atoms with Crippen LogP contribution >= 0.6 is 0 Å². The number of aromatic nitrogens is 1. The number of rotatable bonds is 7. The fourth-order valence-corrected chi connectivity index (χ4v) is 3.55. The van der Waals surface area contributed by atoms with Crippen molar-refractivity contribution in [3.05, 3.63) is 78.1 Å². The van der Waals surface area contributed by atoms with Crippen LogP contribution in [-0.4, -0.2) is 28.4 Å². The minimum Gasteiger partial charge on any atom is -0.460 e. The maximum atomic E-state index is 14.0. The number of nitrogens with one attached hydrogen (secondary N) is 1. The van der Waals surface area contributed by atoms with Crippen molar-refractivity contribution in [2.45, 2.75) is 32.0 Å². The summed E-state index contributed by atoms with van der Waals surface area (Å²) in [6.07, 6.45) is 4.96. The Balaban J connectivity index is 1.50. The standard InChI is InChI=1S/C22H22FN3O2/c23-20-4-2-1-3-19(20)21-7-6-18(28-21)15-26(13-16-9-11-24-12-10-16)14-17-5-8-22(27)25-17/h1-4,6-7,9-12,17H,5,8,13-15H2,(H,25,27)/t17-/m0/s1. The predicted octanol–water partition coefficient (Wildman–Crippen LogP) is 3.76. The summed E-state index contributed by atoms with van der Waals surface area (Å²) in [6, 6.07) is 14.4. The Bertz CT molecular complexity index is 942. The van der Waals surface area contributed by atoms with Gasteiger partial charge in [-0.25, -0.2) is 4.39 Å². The van der Waals surface area contributed by atoms with Gasteiger partial charge in [-0.15, -0.1) is 0 Å². The summed E-state index contributed by atoms with van der Waals surface area (Å²) in [4.78, 5) is 17.8. The second-order valence-electron chi connectivity index (χ2n) is 7.07. The van der Waals surface area contributed by atoms with E-state index in [4.69, 9.17) is 4.42 Å². The van der Waals surface area contributed by atoms with E-state index in [-0.39, 0.29) is 17.8 Å². The lowest BCUT2D eigenvalue weighted by Gasteiger charge is -2.24. The molecule has 3 heterocycles. The Morgan fingerprint density at radius 2 is 1.93 bits per heavy atom. The molecule has 1 amide bonds. The quantitative estimate of drug-likeness (QED) is 0.679. The Hall–Kier alpha value is -2.99. The predicted molar refractivity (Wildman–Crippen MR) is 104 cm³/mol. The summed E-state index contributed by atoms with van der Waals surface area (Å²) in [6.45, 7) is 2.01. The number of hydrogen-bond donors (Lipinski definition) is 1. The highest BCUT2D eigenvalue weighted by Crippen LogP contribution is 2.26. The number of pyridine rings is 1. The third-order valence-electron chi connectivity index (χ3n) is 4.90. The number of hydrogen-bond acceptors (Lipinski definition) is 4. The van der Waals surface area contributed by atoms with Gasteiger partial charge in [0, 0.05) is 37.9 Å². The summed E-state index contributed by atoms with van der Waals surface area (Å²) in [5.74, 6) is 1.09. The van der Waals surface area contributed by atoms with E-state index in [2.05, 4.69) is 15.2 Å². The first-order valence-electron chi connectivity index (χ1n) is 9.41. The zero-order valence-corrected chi connectivity index (χ0v) is 15.5. The zero-order valence-electron chi connectivity index (χ0n) is 15.5. The van der Waals surface area contributed by atoms with Gasteiger partial charge < -0.3 is 9.73 Å². The van der Waals surface area contributed by atoms with Gasteiger partial charge in [-0.1, -0.05) is 12.1 Å². The molecular formula is C22H22FN3O2. The molecule has 1 aliphatic rings. The molecule has 4 rings (SSSR count). The SMILES string of the molecule is O=C1CC[C@@H](CN(Cc2ccncc2)Cc2ccc(-c3ccccc3F)o2)N1. The van der Waals surface area contributed by atoms with Crippen LogP contribution in [0.4, 0.5) is 4.39 Å². The van der Waals surface area contributed by atoms with Gasteiger partial charge >= 0.3 is 0 Å². The molecule has 0 unspecified atom stereocenters. The van der Waals surface area contributed by atoms with Gasteiger partial charge in [0.05, 0.1) is 12.1 Å². The van der Waals surface area contributed by atoms with Crippen LogP contribution in [0, 0.1) is 5.82 Å². The van der Waals surface area contributed by atoms with Crippen LogP contribution < -0.4 is 5.32 Å². The number of carbonyl (C=O) groups excluding carboxylic acids is 1. The third kappa shape index (κ3) is 4.46. The Kier molecular flexibility index (Phi) is 5.48. The second-order valence-corrected chi connectivity index (χ2v) is 7.07. The molecule has 0 bridgehead atoms. The molecule has 0 aliphatic carbocycles. The molecule has 2 aromatic heterocycles. The van der Waals surface area contributed by atoms with Crippen molar-refractivity contribution in [3.63, 3.8) is 0 Å². The molecule has 1 saturated heterocycles. The first-order chi connectivity index (χ1) is 13.7. The van der Waals surface area contributed by atoms with Crippen LogP contribution in [-0.2, 0) is 17.9 Å². The van der Waals surface area contributed by atoms with E-state index in [0.29, 0.717) is 30.8 Å². The minimum absolute atomic E-state index is 0.105. The van der Waals surface area contributed by atoms with Crippen molar-refractivity contribution in [1.82, 2.24) is 15.2 Å². The normalized spacial score (nSPS) is 16.5. The van der Waals surface area contributed by atoms with Crippen molar-refractivity contribution in [1.29, 1.82) is 0 Å². The van der Waals surface area contributed by atoms with Gasteiger partial charge in [-0.3, -0.25) is 14.7 Å². The number of nitrogens with zero attached hydrogens (tertiary/aromatic N) is 2. The highest BCUT2D eigenvalue weighted by Gasteiger charge is 2.24. The molecule has 0 spiro atoms. The summed E-state index contributed by atoms with van der Waals surface area (Å²) < 4.78 is 19.9. The molecule has 1 aliphatic heterocycles. The van der Waals surface area contributed by atoms with Gasteiger partial charge in [0.2, 0.25) is 5.91 Å². The lowest BCUT2D eigenvalue weighted by molar-refractivity contribution is -0.119. The van der Waals surface area contributed by atoms with Crippen LogP contribution in [0.5, 0.6) is 0 Å². The van der Waals surface area contributed by atoms with Crippen molar-refractivity contribution in [2.75, 3.05) is 6.54 Å². The minimum atomic E-state index is -0.300. The molecule has 6 heteroatoms. The average molecular weight is 379 g/mol. The average Bonchev–Trinajstić information content (AvgIpc) is 3.32. The van der Waals surface area contributed by atoms with Crippen LogP contribution in [0.25, 0.3) is 11.3 Å². The number of carbonyl (C=O) groups is 1. The Labute approximate surface area is 163 Å². The monoisotopic (exact) mass is 379 g/mol.